The number of benzene rings is 2. The van der Waals surface area contributed by atoms with Crippen molar-refractivity contribution < 1.29 is 9.13 Å². The van der Waals surface area contributed by atoms with Crippen LogP contribution in [-0.2, 0) is 0 Å². The van der Waals surface area contributed by atoms with Crippen molar-refractivity contribution in [2.24, 2.45) is 5.73 Å². The first-order valence-electron chi connectivity index (χ1n) is 6.81. The normalized spacial score (nSPS) is 12.5. The van der Waals surface area contributed by atoms with Crippen LogP contribution in [-0.4, -0.2) is 0 Å². The summed E-state index contributed by atoms with van der Waals surface area (Å²) in [6.07, 6.45) is 0. The van der Waals surface area contributed by atoms with Crippen LogP contribution in [0.15, 0.2) is 42.5 Å². The highest BCUT2D eigenvalue weighted by molar-refractivity contribution is 5.44. The van der Waals surface area contributed by atoms with E-state index in [4.69, 9.17) is 10.5 Å². The molecule has 20 heavy (non-hydrogen) atoms. The molecule has 2 nitrogen and oxygen atoms in total. The first-order chi connectivity index (χ1) is 9.50. The SMILES string of the molecule is CC(C)c1ccccc1Oc1c(F)cccc1[C@H](C)N. The lowest BCUT2D eigenvalue weighted by Crippen LogP contribution is -2.08. The van der Waals surface area contributed by atoms with E-state index in [0.717, 1.165) is 5.56 Å². The zero-order valence-electron chi connectivity index (χ0n) is 12.1. The Morgan fingerprint density at radius 2 is 1.60 bits per heavy atom. The monoisotopic (exact) mass is 273 g/mol. The van der Waals surface area contributed by atoms with Gasteiger partial charge in [0.1, 0.15) is 5.75 Å². The number of hydrogen-bond acceptors (Lipinski definition) is 2. The molecule has 0 saturated heterocycles. The van der Waals surface area contributed by atoms with Crippen molar-refractivity contribution in [2.45, 2.75) is 32.7 Å². The highest BCUT2D eigenvalue weighted by Gasteiger charge is 2.16. The van der Waals surface area contributed by atoms with E-state index in [0.29, 0.717) is 17.2 Å². The van der Waals surface area contributed by atoms with E-state index < -0.39 is 5.82 Å². The van der Waals surface area contributed by atoms with Crippen LogP contribution in [0.1, 0.15) is 43.9 Å². The zero-order chi connectivity index (χ0) is 14.7. The van der Waals surface area contributed by atoms with Gasteiger partial charge in [0.25, 0.3) is 0 Å². The average Bonchev–Trinajstić information content (AvgIpc) is 2.41. The Morgan fingerprint density at radius 3 is 2.25 bits per heavy atom. The predicted molar refractivity (Wildman–Crippen MR) is 79.6 cm³/mol. The van der Waals surface area contributed by atoms with Crippen molar-refractivity contribution in [1.82, 2.24) is 0 Å². The average molecular weight is 273 g/mol. The van der Waals surface area contributed by atoms with E-state index in [1.807, 2.05) is 31.2 Å². The number of hydrogen-bond donors (Lipinski definition) is 1. The van der Waals surface area contributed by atoms with Gasteiger partial charge in [-0.1, -0.05) is 44.2 Å². The molecule has 0 aliphatic heterocycles. The molecule has 2 rings (SSSR count). The molecule has 0 saturated carbocycles. The van der Waals surface area contributed by atoms with Crippen LogP contribution in [0.25, 0.3) is 0 Å². The second kappa shape index (κ2) is 6.06. The van der Waals surface area contributed by atoms with Crippen molar-refractivity contribution >= 4 is 0 Å². The Hall–Kier alpha value is -1.87. The quantitative estimate of drug-likeness (QED) is 0.871. The second-order valence-corrected chi connectivity index (χ2v) is 5.24. The molecule has 0 aromatic heterocycles. The molecule has 0 aliphatic rings. The molecule has 0 fully saturated rings. The lowest BCUT2D eigenvalue weighted by Gasteiger charge is -2.17. The van der Waals surface area contributed by atoms with Gasteiger partial charge >= 0.3 is 0 Å². The molecule has 0 bridgehead atoms. The van der Waals surface area contributed by atoms with Crippen molar-refractivity contribution in [3.63, 3.8) is 0 Å². The molecular formula is C17H20FNO. The molecule has 0 spiro atoms. The summed E-state index contributed by atoms with van der Waals surface area (Å²) in [4.78, 5) is 0. The third-order valence-electron chi connectivity index (χ3n) is 3.24. The van der Waals surface area contributed by atoms with Crippen molar-refractivity contribution in [2.75, 3.05) is 0 Å². The Morgan fingerprint density at radius 1 is 0.950 bits per heavy atom. The van der Waals surface area contributed by atoms with E-state index in [9.17, 15) is 4.39 Å². The van der Waals surface area contributed by atoms with Gasteiger partial charge in [0, 0.05) is 11.6 Å². The van der Waals surface area contributed by atoms with Crippen molar-refractivity contribution in [3.05, 3.63) is 59.4 Å². The van der Waals surface area contributed by atoms with Gasteiger partial charge in [-0.3, -0.25) is 0 Å². The van der Waals surface area contributed by atoms with E-state index >= 15 is 0 Å². The molecule has 3 heteroatoms. The lowest BCUT2D eigenvalue weighted by atomic mass is 10.0. The molecule has 106 valence electrons. The largest absolute Gasteiger partial charge is 0.454 e. The number of para-hydroxylation sites is 2. The first-order valence-corrected chi connectivity index (χ1v) is 6.81. The van der Waals surface area contributed by atoms with E-state index in [1.165, 1.54) is 6.07 Å². The summed E-state index contributed by atoms with van der Waals surface area (Å²) in [5.41, 5.74) is 7.61. The Kier molecular flexibility index (Phi) is 4.40. The fraction of sp³-hybridized carbons (Fsp3) is 0.294. The van der Waals surface area contributed by atoms with E-state index in [2.05, 4.69) is 13.8 Å². The minimum absolute atomic E-state index is 0.218. The van der Waals surface area contributed by atoms with Gasteiger partial charge < -0.3 is 10.5 Å². The summed E-state index contributed by atoms with van der Waals surface area (Å²) in [7, 11) is 0. The van der Waals surface area contributed by atoms with Crippen LogP contribution < -0.4 is 10.5 Å². The maximum Gasteiger partial charge on any atom is 0.167 e. The van der Waals surface area contributed by atoms with Crippen LogP contribution in [0.4, 0.5) is 4.39 Å². The molecule has 2 N–H and O–H groups in total. The smallest absolute Gasteiger partial charge is 0.167 e. The maximum atomic E-state index is 14.0. The van der Waals surface area contributed by atoms with Crippen molar-refractivity contribution in [1.29, 1.82) is 0 Å². The predicted octanol–water partition coefficient (Wildman–Crippen LogP) is 4.76. The summed E-state index contributed by atoms with van der Waals surface area (Å²) in [5, 5.41) is 0. The summed E-state index contributed by atoms with van der Waals surface area (Å²) >= 11 is 0. The van der Waals surface area contributed by atoms with Gasteiger partial charge in [0.15, 0.2) is 11.6 Å². The molecule has 0 radical (unpaired) electrons. The second-order valence-electron chi connectivity index (χ2n) is 5.24. The molecule has 0 amide bonds. The molecule has 2 aromatic carbocycles. The zero-order valence-corrected chi connectivity index (χ0v) is 12.1. The molecule has 0 unspecified atom stereocenters. The Labute approximate surface area is 119 Å². The fourth-order valence-electron chi connectivity index (χ4n) is 2.15. The van der Waals surface area contributed by atoms with Crippen LogP contribution in [0.3, 0.4) is 0 Å². The lowest BCUT2D eigenvalue weighted by molar-refractivity contribution is 0.426. The topological polar surface area (TPSA) is 35.2 Å². The minimum atomic E-state index is -0.390. The van der Waals surface area contributed by atoms with Gasteiger partial charge in [-0.2, -0.15) is 0 Å². The van der Waals surface area contributed by atoms with Gasteiger partial charge in [0.2, 0.25) is 0 Å². The summed E-state index contributed by atoms with van der Waals surface area (Å²) in [5.74, 6) is 0.806. The third kappa shape index (κ3) is 2.99. The highest BCUT2D eigenvalue weighted by atomic mass is 19.1. The Bertz CT molecular complexity index is 593. The number of nitrogens with two attached hydrogens (primary N) is 1. The van der Waals surface area contributed by atoms with Gasteiger partial charge in [-0.25, -0.2) is 4.39 Å². The standard InChI is InChI=1S/C17H20FNO/c1-11(2)13-7-4-5-10-16(13)20-17-14(12(3)19)8-6-9-15(17)18/h4-12H,19H2,1-3H3/t12-/m0/s1. The minimum Gasteiger partial charge on any atom is -0.454 e. The maximum absolute atomic E-state index is 14.0. The summed E-state index contributed by atoms with van der Waals surface area (Å²) in [6, 6.07) is 12.2. The van der Waals surface area contributed by atoms with Gasteiger partial charge in [-0.15, -0.1) is 0 Å². The van der Waals surface area contributed by atoms with Crippen molar-refractivity contribution in [3.8, 4) is 11.5 Å². The van der Waals surface area contributed by atoms with Crippen LogP contribution in [0, 0.1) is 5.82 Å². The fourth-order valence-corrected chi connectivity index (χ4v) is 2.15. The first kappa shape index (κ1) is 14.5. The molecule has 0 aliphatic carbocycles. The van der Waals surface area contributed by atoms with Crippen LogP contribution >= 0.6 is 0 Å². The number of ether oxygens (including phenoxy) is 1. The molecular weight excluding hydrogens is 253 g/mol. The summed E-state index contributed by atoms with van der Waals surface area (Å²) < 4.78 is 19.9. The highest BCUT2D eigenvalue weighted by Crippen LogP contribution is 2.35. The molecule has 0 heterocycles. The van der Waals surface area contributed by atoms with Crippen LogP contribution in [0.5, 0.6) is 11.5 Å². The summed E-state index contributed by atoms with van der Waals surface area (Å²) in [6.45, 7) is 5.97. The van der Waals surface area contributed by atoms with Gasteiger partial charge in [0.05, 0.1) is 0 Å². The van der Waals surface area contributed by atoms with E-state index in [-0.39, 0.29) is 11.8 Å². The Balaban J connectivity index is 2.45. The molecule has 2 aromatic rings. The van der Waals surface area contributed by atoms with Gasteiger partial charge in [-0.05, 0) is 30.5 Å². The number of halogens is 1. The van der Waals surface area contributed by atoms with E-state index in [1.54, 1.807) is 12.1 Å². The molecule has 1 atom stereocenters. The van der Waals surface area contributed by atoms with Crippen LogP contribution in [0.2, 0.25) is 0 Å². The third-order valence-corrected chi connectivity index (χ3v) is 3.24. The number of rotatable bonds is 4.